The number of rotatable bonds is 1. The van der Waals surface area contributed by atoms with Gasteiger partial charge in [-0.1, -0.05) is 30.3 Å². The van der Waals surface area contributed by atoms with E-state index in [1.54, 1.807) is 11.0 Å². The van der Waals surface area contributed by atoms with E-state index in [2.05, 4.69) is 5.32 Å². The summed E-state index contributed by atoms with van der Waals surface area (Å²) < 4.78 is 0. The minimum absolute atomic E-state index is 0.0280. The molecular formula is C20H21N3O2. The van der Waals surface area contributed by atoms with Crippen molar-refractivity contribution in [2.24, 2.45) is 0 Å². The molecule has 1 N–H and O–H groups in total. The number of anilines is 2. The van der Waals surface area contributed by atoms with Crippen LogP contribution in [0.25, 0.3) is 0 Å². The van der Waals surface area contributed by atoms with Gasteiger partial charge >= 0.3 is 6.03 Å². The van der Waals surface area contributed by atoms with Gasteiger partial charge < -0.3 is 10.2 Å². The minimum Gasteiger partial charge on any atom is -0.318 e. The maximum absolute atomic E-state index is 13.1. The van der Waals surface area contributed by atoms with Crippen LogP contribution in [0.1, 0.15) is 35.2 Å². The van der Waals surface area contributed by atoms with Gasteiger partial charge in [-0.15, -0.1) is 0 Å². The van der Waals surface area contributed by atoms with E-state index in [0.717, 1.165) is 30.5 Å². The van der Waals surface area contributed by atoms with Gasteiger partial charge in [-0.25, -0.2) is 4.79 Å². The maximum atomic E-state index is 13.1. The van der Waals surface area contributed by atoms with Crippen LogP contribution in [-0.2, 0) is 0 Å². The third-order valence-corrected chi connectivity index (χ3v) is 5.03. The molecule has 0 aromatic heterocycles. The van der Waals surface area contributed by atoms with Crippen LogP contribution in [0.15, 0.2) is 48.5 Å². The number of hydrogen-bond acceptors (Lipinski definition) is 2. The van der Waals surface area contributed by atoms with E-state index in [9.17, 15) is 9.59 Å². The lowest BCUT2D eigenvalue weighted by atomic mass is 9.99. The maximum Gasteiger partial charge on any atom is 0.328 e. The summed E-state index contributed by atoms with van der Waals surface area (Å²) >= 11 is 0. The van der Waals surface area contributed by atoms with Gasteiger partial charge in [-0.2, -0.15) is 0 Å². The van der Waals surface area contributed by atoms with Gasteiger partial charge in [-0.05, 0) is 49.9 Å². The Balaban J connectivity index is 1.73. The van der Waals surface area contributed by atoms with Crippen LogP contribution in [-0.4, -0.2) is 29.5 Å². The molecule has 1 unspecified atom stereocenters. The van der Waals surface area contributed by atoms with Gasteiger partial charge in [0.1, 0.15) is 6.17 Å². The van der Waals surface area contributed by atoms with Crippen molar-refractivity contribution >= 4 is 23.3 Å². The van der Waals surface area contributed by atoms with Crippen molar-refractivity contribution in [2.75, 3.05) is 16.8 Å². The van der Waals surface area contributed by atoms with Crippen molar-refractivity contribution in [3.63, 3.8) is 0 Å². The van der Waals surface area contributed by atoms with Crippen molar-refractivity contribution in [1.82, 2.24) is 4.90 Å². The van der Waals surface area contributed by atoms with Crippen LogP contribution in [0, 0.1) is 6.92 Å². The molecule has 4 rings (SSSR count). The van der Waals surface area contributed by atoms with Crippen LogP contribution < -0.4 is 10.2 Å². The lowest BCUT2D eigenvalue weighted by Gasteiger charge is -2.46. The predicted molar refractivity (Wildman–Crippen MR) is 97.8 cm³/mol. The second-order valence-corrected chi connectivity index (χ2v) is 6.61. The average molecular weight is 335 g/mol. The molecule has 0 bridgehead atoms. The Morgan fingerprint density at radius 2 is 1.84 bits per heavy atom. The third kappa shape index (κ3) is 2.65. The summed E-state index contributed by atoms with van der Waals surface area (Å²) in [6.07, 6.45) is 2.60. The summed E-state index contributed by atoms with van der Waals surface area (Å²) in [4.78, 5) is 29.5. The molecule has 1 atom stereocenters. The number of carbonyl (C=O) groups excluding carboxylic acids is 2. The summed E-state index contributed by atoms with van der Waals surface area (Å²) in [6.45, 7) is 2.67. The van der Waals surface area contributed by atoms with Gasteiger partial charge in [0.2, 0.25) is 0 Å². The van der Waals surface area contributed by atoms with Crippen LogP contribution in [0.5, 0.6) is 0 Å². The number of benzene rings is 2. The van der Waals surface area contributed by atoms with Crippen LogP contribution in [0.3, 0.4) is 0 Å². The fourth-order valence-electron chi connectivity index (χ4n) is 3.73. The average Bonchev–Trinajstić information content (AvgIpc) is 2.64. The highest BCUT2D eigenvalue weighted by atomic mass is 16.2. The monoisotopic (exact) mass is 335 g/mol. The molecule has 0 spiro atoms. The van der Waals surface area contributed by atoms with Crippen molar-refractivity contribution in [1.29, 1.82) is 0 Å². The van der Waals surface area contributed by atoms with Gasteiger partial charge in [0.25, 0.3) is 5.91 Å². The van der Waals surface area contributed by atoms with E-state index in [1.807, 2.05) is 54.3 Å². The Morgan fingerprint density at radius 1 is 1.08 bits per heavy atom. The van der Waals surface area contributed by atoms with Crippen LogP contribution >= 0.6 is 0 Å². The third-order valence-electron chi connectivity index (χ3n) is 5.03. The van der Waals surface area contributed by atoms with E-state index >= 15 is 0 Å². The molecular weight excluding hydrogens is 314 g/mol. The number of fused-ring (bicyclic) bond motifs is 2. The fraction of sp³-hybridized carbons (Fsp3) is 0.300. The highest BCUT2D eigenvalue weighted by molar-refractivity contribution is 6.11. The lowest BCUT2D eigenvalue weighted by molar-refractivity contribution is 0.0595. The van der Waals surface area contributed by atoms with Crippen LogP contribution in [0.2, 0.25) is 0 Å². The highest BCUT2D eigenvalue weighted by Gasteiger charge is 2.41. The highest BCUT2D eigenvalue weighted by Crippen LogP contribution is 2.35. The molecule has 2 aromatic carbocycles. The van der Waals surface area contributed by atoms with E-state index in [1.165, 1.54) is 0 Å². The zero-order valence-electron chi connectivity index (χ0n) is 14.2. The Morgan fingerprint density at radius 3 is 2.68 bits per heavy atom. The largest absolute Gasteiger partial charge is 0.328 e. The predicted octanol–water partition coefficient (Wildman–Crippen LogP) is 4.00. The van der Waals surface area contributed by atoms with Gasteiger partial charge in [0.15, 0.2) is 0 Å². The Hall–Kier alpha value is -2.82. The molecule has 1 saturated heterocycles. The molecule has 2 aliphatic heterocycles. The fourth-order valence-corrected chi connectivity index (χ4v) is 3.73. The van der Waals surface area contributed by atoms with Gasteiger partial charge in [0.05, 0.1) is 11.3 Å². The number of carbonyl (C=O) groups is 2. The van der Waals surface area contributed by atoms with Crippen LogP contribution in [0.4, 0.5) is 16.2 Å². The number of nitrogens with zero attached hydrogens (tertiary/aromatic N) is 2. The molecule has 1 fully saturated rings. The minimum atomic E-state index is -0.208. The van der Waals surface area contributed by atoms with E-state index in [0.29, 0.717) is 17.8 Å². The first kappa shape index (κ1) is 15.7. The zero-order chi connectivity index (χ0) is 17.4. The summed E-state index contributed by atoms with van der Waals surface area (Å²) in [5, 5.41) is 3.02. The molecule has 2 heterocycles. The number of aryl methyl sites for hydroxylation is 1. The molecule has 5 nitrogen and oxygen atoms in total. The zero-order valence-corrected chi connectivity index (χ0v) is 14.2. The number of para-hydroxylation sites is 2. The Kier molecular flexibility index (Phi) is 3.92. The van der Waals surface area contributed by atoms with E-state index in [4.69, 9.17) is 0 Å². The number of nitrogens with one attached hydrogen (secondary N) is 1. The molecule has 2 aliphatic rings. The van der Waals surface area contributed by atoms with E-state index in [-0.39, 0.29) is 18.1 Å². The van der Waals surface area contributed by atoms with E-state index < -0.39 is 0 Å². The molecule has 5 heteroatoms. The van der Waals surface area contributed by atoms with Crippen molar-refractivity contribution in [3.8, 4) is 0 Å². The SMILES string of the molecule is Cc1ccccc1NC(=O)N1c2ccccc2C(=O)N2CCCCC21. The summed E-state index contributed by atoms with van der Waals surface area (Å²) in [7, 11) is 0. The topological polar surface area (TPSA) is 52.7 Å². The van der Waals surface area contributed by atoms with Crippen molar-refractivity contribution in [2.45, 2.75) is 32.4 Å². The van der Waals surface area contributed by atoms with Gasteiger partial charge in [0, 0.05) is 12.2 Å². The molecule has 0 saturated carbocycles. The van der Waals surface area contributed by atoms with Gasteiger partial charge in [-0.3, -0.25) is 9.69 Å². The molecule has 2 aromatic rings. The summed E-state index contributed by atoms with van der Waals surface area (Å²) in [6, 6.07) is 14.9. The first-order valence-electron chi connectivity index (χ1n) is 8.72. The quantitative estimate of drug-likeness (QED) is 0.856. The lowest BCUT2D eigenvalue weighted by Crippen LogP contribution is -2.59. The van der Waals surface area contributed by atoms with Crippen molar-refractivity contribution < 1.29 is 9.59 Å². The molecule has 3 amide bonds. The normalized spacial score (nSPS) is 19.2. The smallest absolute Gasteiger partial charge is 0.318 e. The number of amides is 3. The molecule has 0 aliphatic carbocycles. The first-order chi connectivity index (χ1) is 12.2. The molecule has 128 valence electrons. The summed E-state index contributed by atoms with van der Waals surface area (Å²) in [5.74, 6) is 0.0280. The Labute approximate surface area is 147 Å². The second kappa shape index (κ2) is 6.24. The number of urea groups is 1. The number of hydrogen-bond donors (Lipinski definition) is 1. The second-order valence-electron chi connectivity index (χ2n) is 6.61. The summed E-state index contributed by atoms with van der Waals surface area (Å²) in [5.41, 5.74) is 3.10. The molecule has 25 heavy (non-hydrogen) atoms. The Bertz CT molecular complexity index is 833. The molecule has 0 radical (unpaired) electrons. The standard InChI is InChI=1S/C20H21N3O2/c1-14-8-2-4-10-16(14)21-20(25)23-17-11-5-3-9-15(17)19(24)22-13-7-6-12-18(22)23/h2-5,8-11,18H,6-7,12-13H2,1H3,(H,21,25). The first-order valence-corrected chi connectivity index (χ1v) is 8.72. The van der Waals surface area contributed by atoms with Crippen molar-refractivity contribution in [3.05, 3.63) is 59.7 Å². The number of piperidine rings is 1.